The van der Waals surface area contributed by atoms with Crippen LogP contribution in [0.3, 0.4) is 0 Å². The molecule has 0 saturated carbocycles. The molecule has 0 amide bonds. The number of hydrogen-bond donors (Lipinski definition) is 1. The maximum atomic E-state index is 6.13. The molecule has 1 unspecified atom stereocenters. The fraction of sp³-hybridized carbons (Fsp3) is 0.375. The van der Waals surface area contributed by atoms with Crippen LogP contribution < -0.4 is 10.1 Å². The smallest absolute Gasteiger partial charge is 0.124 e. The number of rotatable bonds is 7. The van der Waals surface area contributed by atoms with E-state index < -0.39 is 0 Å². The molecule has 0 saturated heterocycles. The summed E-state index contributed by atoms with van der Waals surface area (Å²) in [6.45, 7) is 5.84. The molecule has 1 atom stereocenters. The molecule has 0 radical (unpaired) electrons. The van der Waals surface area contributed by atoms with E-state index >= 15 is 0 Å². The van der Waals surface area contributed by atoms with E-state index in [1.165, 1.54) is 4.88 Å². The summed E-state index contributed by atoms with van der Waals surface area (Å²) >= 11 is 11.3. The van der Waals surface area contributed by atoms with Gasteiger partial charge in [0.05, 0.1) is 3.79 Å². The molecule has 0 aliphatic rings. The molecule has 2 aromatic rings. The Hall–Kier alpha value is -0.550. The Balaban J connectivity index is 2.10. The van der Waals surface area contributed by atoms with Gasteiger partial charge in [-0.05, 0) is 66.2 Å². The quantitative estimate of drug-likeness (QED) is 0.647. The molecule has 0 spiro atoms. The van der Waals surface area contributed by atoms with E-state index in [9.17, 15) is 0 Å². The second-order valence-electron chi connectivity index (χ2n) is 4.85. The Morgan fingerprint density at radius 1 is 1.33 bits per heavy atom. The maximum Gasteiger partial charge on any atom is 0.124 e. The predicted molar refractivity (Wildman–Crippen MR) is 94.5 cm³/mol. The highest BCUT2D eigenvalue weighted by Crippen LogP contribution is 2.30. The van der Waals surface area contributed by atoms with E-state index in [-0.39, 0.29) is 6.04 Å². The normalized spacial score (nSPS) is 12.4. The summed E-state index contributed by atoms with van der Waals surface area (Å²) in [6.07, 6.45) is 1.10. The van der Waals surface area contributed by atoms with Crippen LogP contribution in [-0.4, -0.2) is 6.54 Å². The van der Waals surface area contributed by atoms with Gasteiger partial charge in [0.15, 0.2) is 0 Å². The fourth-order valence-electron chi connectivity index (χ4n) is 2.04. The van der Waals surface area contributed by atoms with Crippen LogP contribution in [0.1, 0.15) is 36.8 Å². The Morgan fingerprint density at radius 2 is 2.14 bits per heavy atom. The summed E-state index contributed by atoms with van der Waals surface area (Å²) in [7, 11) is 0. The molecule has 1 aromatic carbocycles. The summed E-state index contributed by atoms with van der Waals surface area (Å²) in [5.74, 6) is 0.889. The van der Waals surface area contributed by atoms with Gasteiger partial charge >= 0.3 is 0 Å². The highest BCUT2D eigenvalue weighted by Gasteiger charge is 2.12. The van der Waals surface area contributed by atoms with Gasteiger partial charge in [0.2, 0.25) is 0 Å². The molecule has 2 nitrogen and oxygen atoms in total. The highest BCUT2D eigenvalue weighted by molar-refractivity contribution is 9.11. The van der Waals surface area contributed by atoms with Crippen molar-refractivity contribution in [3.8, 4) is 5.75 Å². The van der Waals surface area contributed by atoms with Crippen molar-refractivity contribution in [2.24, 2.45) is 0 Å². The molecular weight excluding hydrogens is 370 g/mol. The number of ether oxygens (including phenoxy) is 1. The first-order valence-corrected chi connectivity index (χ1v) is 8.98. The molecule has 21 heavy (non-hydrogen) atoms. The molecule has 0 aliphatic heterocycles. The lowest BCUT2D eigenvalue weighted by Crippen LogP contribution is -2.20. The standard InChI is InChI=1S/C16H19BrClNOS/c1-3-8-19-11(2)14-9-12(18)4-6-15(14)20-10-13-5-7-16(17)21-13/h4-7,9,11,19H,3,8,10H2,1-2H3. The van der Waals surface area contributed by atoms with Crippen molar-refractivity contribution in [2.45, 2.75) is 32.9 Å². The Kier molecular flexibility index (Phi) is 6.55. The minimum absolute atomic E-state index is 0.216. The zero-order chi connectivity index (χ0) is 15.2. The Morgan fingerprint density at radius 3 is 2.81 bits per heavy atom. The summed E-state index contributed by atoms with van der Waals surface area (Å²) in [5, 5.41) is 4.21. The Bertz CT molecular complexity index is 587. The lowest BCUT2D eigenvalue weighted by molar-refractivity contribution is 0.303. The number of benzene rings is 1. The van der Waals surface area contributed by atoms with Crippen molar-refractivity contribution < 1.29 is 4.74 Å². The lowest BCUT2D eigenvalue weighted by atomic mass is 10.1. The van der Waals surface area contributed by atoms with Crippen LogP contribution in [0, 0.1) is 0 Å². The molecule has 1 heterocycles. The van der Waals surface area contributed by atoms with E-state index in [0.717, 1.165) is 33.1 Å². The molecule has 114 valence electrons. The molecule has 0 aliphatic carbocycles. The van der Waals surface area contributed by atoms with Gasteiger partial charge in [-0.2, -0.15) is 0 Å². The third-order valence-electron chi connectivity index (χ3n) is 3.14. The second kappa shape index (κ2) is 8.18. The van der Waals surface area contributed by atoms with Crippen LogP contribution in [0.4, 0.5) is 0 Å². The van der Waals surface area contributed by atoms with Crippen LogP contribution in [-0.2, 0) is 6.61 Å². The Labute approximate surface area is 143 Å². The summed E-state index contributed by atoms with van der Waals surface area (Å²) in [5.41, 5.74) is 1.10. The average Bonchev–Trinajstić information content (AvgIpc) is 2.89. The minimum atomic E-state index is 0.216. The van der Waals surface area contributed by atoms with Crippen LogP contribution in [0.15, 0.2) is 34.1 Å². The maximum absolute atomic E-state index is 6.13. The third-order valence-corrected chi connectivity index (χ3v) is 4.97. The van der Waals surface area contributed by atoms with E-state index in [1.807, 2.05) is 24.3 Å². The fourth-order valence-corrected chi connectivity index (χ4v) is 3.62. The molecule has 0 fully saturated rings. The van der Waals surface area contributed by atoms with E-state index in [4.69, 9.17) is 16.3 Å². The van der Waals surface area contributed by atoms with Gasteiger partial charge in [0, 0.05) is 21.5 Å². The molecule has 1 N–H and O–H groups in total. The SMILES string of the molecule is CCCNC(C)c1cc(Cl)ccc1OCc1ccc(Br)s1. The van der Waals surface area contributed by atoms with Crippen molar-refractivity contribution >= 4 is 38.9 Å². The van der Waals surface area contributed by atoms with Gasteiger partial charge in [0.1, 0.15) is 12.4 Å². The largest absolute Gasteiger partial charge is 0.488 e. The summed E-state index contributed by atoms with van der Waals surface area (Å²) in [6, 6.07) is 10.1. The van der Waals surface area contributed by atoms with Gasteiger partial charge < -0.3 is 10.1 Å². The van der Waals surface area contributed by atoms with Gasteiger partial charge in [-0.3, -0.25) is 0 Å². The molecular formula is C16H19BrClNOS. The van der Waals surface area contributed by atoms with Crippen LogP contribution in [0.5, 0.6) is 5.75 Å². The number of halogens is 2. The molecule has 0 bridgehead atoms. The lowest BCUT2D eigenvalue weighted by Gasteiger charge is -2.18. The zero-order valence-electron chi connectivity index (χ0n) is 12.2. The molecule has 5 heteroatoms. The topological polar surface area (TPSA) is 21.3 Å². The first kappa shape index (κ1) is 16.8. The van der Waals surface area contributed by atoms with E-state index in [0.29, 0.717) is 6.61 Å². The highest BCUT2D eigenvalue weighted by atomic mass is 79.9. The minimum Gasteiger partial charge on any atom is -0.488 e. The van der Waals surface area contributed by atoms with Crippen molar-refractivity contribution in [3.05, 3.63) is 49.6 Å². The predicted octanol–water partition coefficient (Wildman–Crippen LogP) is 5.80. The van der Waals surface area contributed by atoms with Crippen LogP contribution in [0.2, 0.25) is 5.02 Å². The van der Waals surface area contributed by atoms with Crippen molar-refractivity contribution in [1.29, 1.82) is 0 Å². The number of hydrogen-bond acceptors (Lipinski definition) is 3. The monoisotopic (exact) mass is 387 g/mol. The van der Waals surface area contributed by atoms with E-state index in [2.05, 4.69) is 41.2 Å². The van der Waals surface area contributed by atoms with Crippen molar-refractivity contribution in [3.63, 3.8) is 0 Å². The zero-order valence-corrected chi connectivity index (χ0v) is 15.3. The van der Waals surface area contributed by atoms with Crippen LogP contribution >= 0.6 is 38.9 Å². The first-order valence-electron chi connectivity index (χ1n) is 7.00. The van der Waals surface area contributed by atoms with E-state index in [1.54, 1.807) is 11.3 Å². The number of nitrogens with one attached hydrogen (secondary N) is 1. The van der Waals surface area contributed by atoms with Gasteiger partial charge in [-0.15, -0.1) is 11.3 Å². The van der Waals surface area contributed by atoms with Crippen LogP contribution in [0.25, 0.3) is 0 Å². The van der Waals surface area contributed by atoms with Crippen molar-refractivity contribution in [1.82, 2.24) is 5.32 Å². The first-order chi connectivity index (χ1) is 10.1. The van der Waals surface area contributed by atoms with Gasteiger partial charge in [-0.25, -0.2) is 0 Å². The third kappa shape index (κ3) is 4.99. The molecule has 1 aromatic heterocycles. The van der Waals surface area contributed by atoms with Crippen molar-refractivity contribution in [2.75, 3.05) is 6.54 Å². The van der Waals surface area contributed by atoms with Gasteiger partial charge in [0.25, 0.3) is 0 Å². The summed E-state index contributed by atoms with van der Waals surface area (Å²) < 4.78 is 7.10. The van der Waals surface area contributed by atoms with Gasteiger partial charge in [-0.1, -0.05) is 18.5 Å². The molecule has 2 rings (SSSR count). The summed E-state index contributed by atoms with van der Waals surface area (Å²) in [4.78, 5) is 1.19. The second-order valence-corrected chi connectivity index (χ2v) is 7.84. The number of thiophene rings is 1. The average molecular weight is 389 g/mol.